The van der Waals surface area contributed by atoms with Crippen LogP contribution in [0.3, 0.4) is 0 Å². The highest BCUT2D eigenvalue weighted by Crippen LogP contribution is 2.51. The van der Waals surface area contributed by atoms with Crippen molar-refractivity contribution in [3.63, 3.8) is 0 Å². The van der Waals surface area contributed by atoms with Crippen molar-refractivity contribution in [2.24, 2.45) is 5.92 Å². The van der Waals surface area contributed by atoms with E-state index in [9.17, 15) is 0 Å². The Morgan fingerprint density at radius 3 is 2.08 bits per heavy atom. The summed E-state index contributed by atoms with van der Waals surface area (Å²) in [5, 5.41) is 2.19. The van der Waals surface area contributed by atoms with E-state index in [4.69, 9.17) is 14.4 Å². The van der Waals surface area contributed by atoms with Gasteiger partial charge in [0.05, 0.1) is 11.4 Å². The molecule has 0 fully saturated rings. The minimum absolute atomic E-state index is 0.107. The molecule has 0 N–H and O–H groups in total. The second-order valence-corrected chi connectivity index (χ2v) is 17.3. The lowest BCUT2D eigenvalue weighted by Gasteiger charge is -2.28. The second kappa shape index (κ2) is 14.7. The van der Waals surface area contributed by atoms with Crippen LogP contribution in [0.4, 0.5) is 17.1 Å². The van der Waals surface area contributed by atoms with Crippen LogP contribution in [-0.2, 0) is 5.41 Å². The molecule has 3 aliphatic carbocycles. The van der Waals surface area contributed by atoms with Gasteiger partial charge in [-0.25, -0.2) is 9.97 Å². The average Bonchev–Trinajstić information content (AvgIpc) is 3.83. The van der Waals surface area contributed by atoms with Crippen LogP contribution in [0.1, 0.15) is 36.6 Å². The molecule has 0 amide bonds. The first-order chi connectivity index (χ1) is 31.0. The average molecular weight is 810 g/mol. The summed E-state index contributed by atoms with van der Waals surface area (Å²) < 4.78 is 6.72. The van der Waals surface area contributed by atoms with Gasteiger partial charge in [0.1, 0.15) is 11.2 Å². The predicted molar refractivity (Wildman–Crippen MR) is 260 cm³/mol. The smallest absolute Gasteiger partial charge is 0.160 e. The number of benzene rings is 7. The van der Waals surface area contributed by atoms with Crippen LogP contribution in [0.5, 0.6) is 0 Å². The van der Waals surface area contributed by atoms with Gasteiger partial charge in [-0.3, -0.25) is 0 Å². The lowest BCUT2D eigenvalue weighted by atomic mass is 9.78. The molecular weight excluding hydrogens is 767 g/mol. The number of rotatable bonds is 7. The highest BCUT2D eigenvalue weighted by Gasteiger charge is 2.36. The SMILES string of the molecule is CC1(C)c2ccccc2-c2ccc(N(c3ccccc3)c3ccc4c(c3)oc3cccc(-c5ccc(-c6cc(C7C=CC=C8C=CC=CC87)nc(-c7ccccc7)n6)cc5)c34)cc21. The van der Waals surface area contributed by atoms with E-state index in [2.05, 4.69) is 213 Å². The van der Waals surface area contributed by atoms with Gasteiger partial charge >= 0.3 is 0 Å². The Labute approximate surface area is 367 Å². The number of hydrogen-bond donors (Lipinski definition) is 0. The fourth-order valence-corrected chi connectivity index (χ4v) is 10.1. The van der Waals surface area contributed by atoms with Crippen molar-refractivity contribution in [1.82, 2.24) is 9.97 Å². The summed E-state index contributed by atoms with van der Waals surface area (Å²) in [5.41, 5.74) is 17.7. The fourth-order valence-electron chi connectivity index (χ4n) is 10.1. The van der Waals surface area contributed by atoms with Crippen LogP contribution < -0.4 is 4.90 Å². The van der Waals surface area contributed by atoms with Gasteiger partial charge in [0.25, 0.3) is 0 Å². The molecular formula is C59H43N3O. The maximum Gasteiger partial charge on any atom is 0.160 e. The zero-order chi connectivity index (χ0) is 42.1. The van der Waals surface area contributed by atoms with Gasteiger partial charge < -0.3 is 9.32 Å². The number of furan rings is 1. The summed E-state index contributed by atoms with van der Waals surface area (Å²) in [4.78, 5) is 12.7. The first-order valence-electron chi connectivity index (χ1n) is 21.8. The van der Waals surface area contributed by atoms with E-state index in [1.54, 1.807) is 0 Å². The van der Waals surface area contributed by atoms with Crippen molar-refractivity contribution in [2.45, 2.75) is 25.2 Å². The molecule has 9 aromatic rings. The number of hydrogen-bond acceptors (Lipinski definition) is 4. The molecule has 63 heavy (non-hydrogen) atoms. The number of para-hydroxylation sites is 1. The minimum atomic E-state index is -0.107. The summed E-state index contributed by atoms with van der Waals surface area (Å²) in [6.45, 7) is 4.67. The highest BCUT2D eigenvalue weighted by atomic mass is 16.3. The Balaban J connectivity index is 0.918. The van der Waals surface area contributed by atoms with Crippen molar-refractivity contribution in [3.05, 3.63) is 235 Å². The Kier molecular flexibility index (Phi) is 8.62. The molecule has 2 atom stereocenters. The van der Waals surface area contributed by atoms with Gasteiger partial charge in [0, 0.05) is 62.3 Å². The molecule has 300 valence electrons. The third-order valence-electron chi connectivity index (χ3n) is 13.3. The van der Waals surface area contributed by atoms with Crippen LogP contribution in [0.25, 0.3) is 66.8 Å². The van der Waals surface area contributed by atoms with Crippen molar-refractivity contribution in [3.8, 4) is 44.9 Å². The van der Waals surface area contributed by atoms with Gasteiger partial charge in [0.2, 0.25) is 0 Å². The molecule has 0 spiro atoms. The largest absolute Gasteiger partial charge is 0.456 e. The van der Waals surface area contributed by atoms with E-state index >= 15 is 0 Å². The number of allylic oxidation sites excluding steroid dienone is 8. The highest BCUT2D eigenvalue weighted by molar-refractivity contribution is 6.13. The normalized spacial score (nSPS) is 16.8. The van der Waals surface area contributed by atoms with Crippen molar-refractivity contribution < 1.29 is 4.42 Å². The first-order valence-corrected chi connectivity index (χ1v) is 21.8. The number of fused-ring (bicyclic) bond motifs is 7. The molecule has 7 aromatic carbocycles. The minimum Gasteiger partial charge on any atom is -0.456 e. The fraction of sp³-hybridized carbons (Fsp3) is 0.0847. The third kappa shape index (κ3) is 6.21. The van der Waals surface area contributed by atoms with Crippen molar-refractivity contribution in [1.29, 1.82) is 0 Å². The third-order valence-corrected chi connectivity index (χ3v) is 13.3. The Bertz CT molecular complexity index is 3370. The van der Waals surface area contributed by atoms with E-state index < -0.39 is 0 Å². The monoisotopic (exact) mass is 809 g/mol. The van der Waals surface area contributed by atoms with Crippen LogP contribution in [0.2, 0.25) is 0 Å². The van der Waals surface area contributed by atoms with Gasteiger partial charge in [-0.1, -0.05) is 172 Å². The Morgan fingerprint density at radius 1 is 0.508 bits per heavy atom. The predicted octanol–water partition coefficient (Wildman–Crippen LogP) is 15.5. The summed E-state index contributed by atoms with van der Waals surface area (Å²) in [6, 6.07) is 60.7. The van der Waals surface area contributed by atoms with E-state index in [0.717, 1.165) is 78.5 Å². The number of nitrogens with zero attached hydrogens (tertiary/aromatic N) is 3. The molecule has 0 saturated carbocycles. The maximum atomic E-state index is 6.72. The zero-order valence-corrected chi connectivity index (χ0v) is 35.1. The van der Waals surface area contributed by atoms with Crippen LogP contribution in [0, 0.1) is 5.92 Å². The van der Waals surface area contributed by atoms with Crippen molar-refractivity contribution >= 4 is 39.0 Å². The van der Waals surface area contributed by atoms with E-state index in [1.165, 1.54) is 27.8 Å². The maximum absolute atomic E-state index is 6.72. The van der Waals surface area contributed by atoms with Crippen LogP contribution >= 0.6 is 0 Å². The summed E-state index contributed by atoms with van der Waals surface area (Å²) >= 11 is 0. The zero-order valence-electron chi connectivity index (χ0n) is 35.1. The molecule has 2 heterocycles. The van der Waals surface area contributed by atoms with Gasteiger partial charge in [-0.2, -0.15) is 0 Å². The number of anilines is 3. The molecule has 2 aromatic heterocycles. The summed E-state index contributed by atoms with van der Waals surface area (Å²) in [7, 11) is 0. The molecule has 0 radical (unpaired) electrons. The molecule has 0 aliphatic heterocycles. The van der Waals surface area contributed by atoms with Gasteiger partial charge in [-0.05, 0) is 87.5 Å². The van der Waals surface area contributed by atoms with Gasteiger partial charge in [-0.15, -0.1) is 0 Å². The summed E-state index contributed by atoms with van der Waals surface area (Å²) in [6.07, 6.45) is 15.4. The molecule has 12 rings (SSSR count). The number of aromatic nitrogens is 2. The first kappa shape index (κ1) is 37.0. The molecule has 0 saturated heterocycles. The Hall–Kier alpha value is -7.82. The topological polar surface area (TPSA) is 42.2 Å². The van der Waals surface area contributed by atoms with E-state index in [-0.39, 0.29) is 17.3 Å². The molecule has 4 nitrogen and oxygen atoms in total. The molecule has 3 aliphatic rings. The lowest BCUT2D eigenvalue weighted by Crippen LogP contribution is -2.16. The van der Waals surface area contributed by atoms with Crippen molar-refractivity contribution in [2.75, 3.05) is 4.90 Å². The molecule has 0 bridgehead atoms. The summed E-state index contributed by atoms with van der Waals surface area (Å²) in [5.74, 6) is 1.08. The van der Waals surface area contributed by atoms with Gasteiger partial charge in [0.15, 0.2) is 5.82 Å². The second-order valence-electron chi connectivity index (χ2n) is 17.3. The molecule has 4 heteroatoms. The molecule has 2 unspecified atom stereocenters. The van der Waals surface area contributed by atoms with E-state index in [1.807, 2.05) is 18.2 Å². The standard InChI is InChI=1S/C59H43N3O/c1-59(2)51-25-12-11-22-47(51)48-33-31-43(35-52(48)59)62(42-19-7-4-8-20-42)44-32-34-50-56(36-44)63-55-26-14-23-46(57(50)55)39-27-29-40(30-28-39)53-37-54(61-58(60-53)41-16-5-3-6-17-41)49-24-13-18-38-15-9-10-21-45(38)49/h3-37,45,49H,1-2H3. The Morgan fingerprint density at radius 2 is 1.22 bits per heavy atom. The quantitative estimate of drug-likeness (QED) is 0.161. The lowest BCUT2D eigenvalue weighted by molar-refractivity contribution is 0.652. The van der Waals surface area contributed by atoms with E-state index in [0.29, 0.717) is 0 Å². The van der Waals surface area contributed by atoms with Crippen LogP contribution in [-0.4, -0.2) is 9.97 Å². The van der Waals surface area contributed by atoms with Crippen LogP contribution in [0.15, 0.2) is 222 Å².